The number of piperazine rings is 1. The van der Waals surface area contributed by atoms with Crippen molar-refractivity contribution in [3.05, 3.63) is 71.1 Å². The molecular formula is C48H59F2N11O5. The van der Waals surface area contributed by atoms with E-state index in [1.54, 1.807) is 29.4 Å². The molecule has 1 aromatic heterocycles. The average molecular weight is 908 g/mol. The van der Waals surface area contributed by atoms with E-state index < -0.39 is 46.8 Å². The molecule has 350 valence electrons. The van der Waals surface area contributed by atoms with Crippen molar-refractivity contribution in [1.82, 2.24) is 35.3 Å². The van der Waals surface area contributed by atoms with E-state index in [-0.39, 0.29) is 47.5 Å². The number of anilines is 4. The summed E-state index contributed by atoms with van der Waals surface area (Å²) in [6.07, 6.45) is 6.05. The highest BCUT2D eigenvalue weighted by atomic mass is 19.1. The van der Waals surface area contributed by atoms with Crippen LogP contribution in [0.15, 0.2) is 42.7 Å². The molecular weight excluding hydrogens is 849 g/mol. The third-order valence-corrected chi connectivity index (χ3v) is 15.3. The van der Waals surface area contributed by atoms with Gasteiger partial charge in [-0.15, -0.1) is 0 Å². The number of imide groups is 2. The van der Waals surface area contributed by atoms with Crippen LogP contribution in [0.4, 0.5) is 31.8 Å². The molecule has 3 N–H and O–H groups in total. The van der Waals surface area contributed by atoms with Crippen molar-refractivity contribution in [2.45, 2.75) is 76.9 Å². The summed E-state index contributed by atoms with van der Waals surface area (Å²) < 4.78 is 31.3. The maximum atomic E-state index is 15.7. The van der Waals surface area contributed by atoms with E-state index in [2.05, 4.69) is 65.4 Å². The van der Waals surface area contributed by atoms with Crippen LogP contribution in [0, 0.1) is 28.9 Å². The number of aromatic nitrogens is 2. The summed E-state index contributed by atoms with van der Waals surface area (Å²) in [5, 5.41) is 8.84. The molecule has 0 bridgehead atoms. The minimum absolute atomic E-state index is 0.0216. The summed E-state index contributed by atoms with van der Waals surface area (Å²) in [4.78, 5) is 84.7. The third-order valence-electron chi connectivity index (χ3n) is 15.3. The number of hydrogen-bond acceptors (Lipinski definition) is 13. The van der Waals surface area contributed by atoms with Gasteiger partial charge in [0.25, 0.3) is 11.8 Å². The van der Waals surface area contributed by atoms with Gasteiger partial charge in [-0.1, -0.05) is 13.8 Å². The Morgan fingerprint density at radius 1 is 0.758 bits per heavy atom. The molecule has 10 rings (SSSR count). The predicted molar refractivity (Wildman–Crippen MR) is 243 cm³/mol. The second-order valence-corrected chi connectivity index (χ2v) is 20.4. The first kappa shape index (κ1) is 44.1. The molecule has 6 saturated heterocycles. The number of hydrogen-bond donors (Lipinski definition) is 3. The highest BCUT2D eigenvalue weighted by Gasteiger charge is 2.46. The van der Waals surface area contributed by atoms with E-state index in [4.69, 9.17) is 0 Å². The second-order valence-electron chi connectivity index (χ2n) is 20.4. The zero-order valence-electron chi connectivity index (χ0n) is 37.8. The van der Waals surface area contributed by atoms with E-state index in [1.165, 1.54) is 12.1 Å². The van der Waals surface area contributed by atoms with Crippen molar-refractivity contribution in [1.29, 1.82) is 0 Å². The van der Waals surface area contributed by atoms with Crippen LogP contribution in [0.5, 0.6) is 0 Å². The van der Waals surface area contributed by atoms with Gasteiger partial charge in [-0.25, -0.2) is 18.7 Å². The van der Waals surface area contributed by atoms with Crippen LogP contribution in [0.3, 0.4) is 0 Å². The van der Waals surface area contributed by atoms with Gasteiger partial charge in [-0.05, 0) is 99.7 Å². The Balaban J connectivity index is 0.681. The highest BCUT2D eigenvalue weighted by Crippen LogP contribution is 2.37. The molecule has 1 spiro atoms. The van der Waals surface area contributed by atoms with Gasteiger partial charge >= 0.3 is 0 Å². The van der Waals surface area contributed by atoms with Crippen LogP contribution < -0.4 is 30.7 Å². The maximum Gasteiger partial charge on any atom is 0.262 e. The molecule has 2 aromatic carbocycles. The van der Waals surface area contributed by atoms with Gasteiger partial charge in [0.2, 0.25) is 17.7 Å². The molecule has 5 amide bonds. The Morgan fingerprint density at radius 3 is 2.20 bits per heavy atom. The number of benzene rings is 2. The minimum atomic E-state index is -0.990. The van der Waals surface area contributed by atoms with Crippen LogP contribution in [-0.4, -0.2) is 144 Å². The van der Waals surface area contributed by atoms with Gasteiger partial charge in [0, 0.05) is 88.7 Å². The monoisotopic (exact) mass is 907 g/mol. The Labute approximate surface area is 383 Å². The molecule has 6 fully saturated rings. The molecule has 7 aliphatic heterocycles. The molecule has 0 radical (unpaired) electrons. The number of piperidine rings is 3. The first-order valence-corrected chi connectivity index (χ1v) is 23.6. The molecule has 8 heterocycles. The number of halogens is 2. The van der Waals surface area contributed by atoms with Gasteiger partial charge < -0.3 is 30.2 Å². The van der Waals surface area contributed by atoms with E-state index in [9.17, 15) is 24.0 Å². The lowest BCUT2D eigenvalue weighted by Gasteiger charge is -2.48. The Morgan fingerprint density at radius 2 is 1.47 bits per heavy atom. The molecule has 16 nitrogen and oxygen atoms in total. The lowest BCUT2D eigenvalue weighted by molar-refractivity contribution is -0.136. The number of carbonyl (C=O) groups excluding carboxylic acids is 5. The number of nitrogens with zero attached hydrogens (tertiary/aromatic N) is 8. The van der Waals surface area contributed by atoms with Gasteiger partial charge in [-0.2, -0.15) is 0 Å². The zero-order chi connectivity index (χ0) is 45.9. The van der Waals surface area contributed by atoms with Gasteiger partial charge in [0.15, 0.2) is 0 Å². The van der Waals surface area contributed by atoms with Crippen molar-refractivity contribution >= 4 is 52.5 Å². The molecule has 66 heavy (non-hydrogen) atoms. The Hall–Kier alpha value is -5.75. The lowest BCUT2D eigenvalue weighted by Crippen LogP contribution is -2.66. The Kier molecular flexibility index (Phi) is 11.7. The standard InChI is InChI=1S/C48H59F2N11O5/c1-47(2)8-14-56(15-9-47)22-30-18-37(50)39(20-36(30)49)60-27-43(63)55-48(28-60)10-16-58(17-11-48)40-21-41(53-29-52-40)59-25-31-23-57(24-32(31)26-59)13-3-12-51-33-4-5-34-35(19-33)46(66)61(45(34)65)38-6-7-42(62)54-44(38)64/h4-5,18-21,29,31-32,38,51H,3,6-17,22-28H2,1-2H3,(H,55,63)(H,54,62,64)/t31-,32+,38?. The van der Waals surface area contributed by atoms with Crippen molar-refractivity contribution in [2.75, 3.05) is 98.6 Å². The maximum absolute atomic E-state index is 15.7. The number of rotatable bonds is 11. The summed E-state index contributed by atoms with van der Waals surface area (Å²) in [7, 11) is 0. The molecule has 3 atom stereocenters. The molecule has 18 heteroatoms. The smallest absolute Gasteiger partial charge is 0.262 e. The minimum Gasteiger partial charge on any atom is -0.385 e. The first-order chi connectivity index (χ1) is 31.7. The number of carbonyl (C=O) groups is 5. The van der Waals surface area contributed by atoms with E-state index in [0.717, 1.165) is 87.3 Å². The molecule has 1 unspecified atom stereocenters. The topological polar surface area (TPSA) is 167 Å². The van der Waals surface area contributed by atoms with Gasteiger partial charge in [-0.3, -0.25) is 39.1 Å². The van der Waals surface area contributed by atoms with Crippen molar-refractivity contribution < 1.29 is 32.8 Å². The van der Waals surface area contributed by atoms with Crippen molar-refractivity contribution in [3.63, 3.8) is 0 Å². The fourth-order valence-electron chi connectivity index (χ4n) is 11.3. The highest BCUT2D eigenvalue weighted by molar-refractivity contribution is 6.23. The summed E-state index contributed by atoms with van der Waals surface area (Å²) in [5.74, 6) is -0.394. The largest absolute Gasteiger partial charge is 0.385 e. The van der Waals surface area contributed by atoms with E-state index in [1.807, 2.05) is 0 Å². The normalized spacial score (nSPS) is 25.4. The average Bonchev–Trinajstić information content (AvgIpc) is 3.94. The zero-order valence-corrected chi connectivity index (χ0v) is 37.8. The fraction of sp³-hybridized carbons (Fsp3) is 0.562. The van der Waals surface area contributed by atoms with E-state index in [0.29, 0.717) is 63.0 Å². The number of nitrogens with one attached hydrogen (secondary N) is 3. The van der Waals surface area contributed by atoms with Crippen LogP contribution >= 0.6 is 0 Å². The Bertz CT molecular complexity index is 2420. The quantitative estimate of drug-likeness (QED) is 0.189. The van der Waals surface area contributed by atoms with Crippen molar-refractivity contribution in [2.24, 2.45) is 17.3 Å². The summed E-state index contributed by atoms with van der Waals surface area (Å²) in [6.45, 7) is 13.7. The molecule has 3 aromatic rings. The summed E-state index contributed by atoms with van der Waals surface area (Å²) >= 11 is 0. The van der Waals surface area contributed by atoms with Crippen LogP contribution in [-0.2, 0) is 20.9 Å². The van der Waals surface area contributed by atoms with Crippen LogP contribution in [0.2, 0.25) is 0 Å². The second kappa shape index (κ2) is 17.5. The lowest BCUT2D eigenvalue weighted by atomic mass is 9.82. The number of fused-ring (bicyclic) bond motifs is 2. The van der Waals surface area contributed by atoms with Crippen molar-refractivity contribution in [3.8, 4) is 0 Å². The predicted octanol–water partition coefficient (Wildman–Crippen LogP) is 3.62. The summed E-state index contributed by atoms with van der Waals surface area (Å²) in [5.41, 5.74) is 1.45. The summed E-state index contributed by atoms with van der Waals surface area (Å²) in [6, 6.07) is 8.75. The van der Waals surface area contributed by atoms with Crippen LogP contribution in [0.1, 0.15) is 85.1 Å². The van der Waals surface area contributed by atoms with Crippen LogP contribution in [0.25, 0.3) is 0 Å². The van der Waals surface area contributed by atoms with E-state index >= 15 is 8.78 Å². The van der Waals surface area contributed by atoms with Gasteiger partial charge in [0.1, 0.15) is 35.6 Å². The number of amides is 5. The number of likely N-dealkylation sites (tertiary alicyclic amines) is 2. The molecule has 7 aliphatic rings. The van der Waals surface area contributed by atoms with Gasteiger partial charge in [0.05, 0.1) is 28.9 Å². The third kappa shape index (κ3) is 8.81. The molecule has 0 saturated carbocycles. The molecule has 0 aliphatic carbocycles. The first-order valence-electron chi connectivity index (χ1n) is 23.6. The fourth-order valence-corrected chi connectivity index (χ4v) is 11.3. The SMILES string of the molecule is CC1(C)CCN(Cc2cc(F)c(N3CC(=O)NC4(CCN(c5cc(N6C[C@H]7CN(CCCNc8ccc9c(c8)C(=O)N(C8CCC(=O)NC8=O)C9=O)C[C@H]7C6)ncn5)CC4)C3)cc2F)CC1.